The van der Waals surface area contributed by atoms with Gasteiger partial charge in [-0.05, 0) is 13.8 Å². The number of ether oxygens (including phenoxy) is 3. The van der Waals surface area contributed by atoms with E-state index in [-0.39, 0.29) is 17.8 Å². The molecule has 4 heteroatoms. The summed E-state index contributed by atoms with van der Waals surface area (Å²) in [6, 6.07) is 0. The van der Waals surface area contributed by atoms with Gasteiger partial charge in [0.05, 0.1) is 13.2 Å². The van der Waals surface area contributed by atoms with E-state index in [9.17, 15) is 5.11 Å². The SMILES string of the molecule is CCO[C@@]1(C)CO[C@@H]2[C@H](O)CO[C@@H]21. The molecular weight excluding hydrogens is 172 g/mol. The molecule has 2 rings (SSSR count). The molecule has 0 aliphatic carbocycles. The van der Waals surface area contributed by atoms with E-state index in [1.165, 1.54) is 0 Å². The van der Waals surface area contributed by atoms with Crippen LogP contribution < -0.4 is 0 Å². The highest BCUT2D eigenvalue weighted by atomic mass is 16.6. The molecule has 4 nitrogen and oxygen atoms in total. The van der Waals surface area contributed by atoms with Crippen LogP contribution in [0.1, 0.15) is 13.8 Å². The van der Waals surface area contributed by atoms with Gasteiger partial charge in [-0.2, -0.15) is 0 Å². The van der Waals surface area contributed by atoms with Crippen molar-refractivity contribution in [2.24, 2.45) is 0 Å². The molecule has 0 aromatic rings. The van der Waals surface area contributed by atoms with E-state index >= 15 is 0 Å². The summed E-state index contributed by atoms with van der Waals surface area (Å²) in [5.41, 5.74) is -0.378. The zero-order valence-corrected chi connectivity index (χ0v) is 8.03. The number of aliphatic hydroxyl groups is 1. The van der Waals surface area contributed by atoms with Crippen molar-refractivity contribution in [2.45, 2.75) is 37.8 Å². The van der Waals surface area contributed by atoms with Crippen LogP contribution in [0.4, 0.5) is 0 Å². The lowest BCUT2D eigenvalue weighted by Crippen LogP contribution is -2.43. The quantitative estimate of drug-likeness (QED) is 0.659. The molecular formula is C9H16O4. The van der Waals surface area contributed by atoms with E-state index in [0.29, 0.717) is 19.8 Å². The summed E-state index contributed by atoms with van der Waals surface area (Å²) < 4.78 is 16.5. The number of fused-ring (bicyclic) bond motifs is 1. The second-order valence-corrected chi connectivity index (χ2v) is 3.84. The standard InChI is InChI=1S/C9H16O4/c1-3-13-9(2)5-12-7-6(10)4-11-8(7)9/h6-8,10H,3-5H2,1-2H3/t6-,7-,8+,9+/m1/s1. The van der Waals surface area contributed by atoms with Crippen LogP contribution in [-0.4, -0.2) is 48.8 Å². The van der Waals surface area contributed by atoms with Crippen LogP contribution in [0.5, 0.6) is 0 Å². The summed E-state index contributed by atoms with van der Waals surface area (Å²) in [7, 11) is 0. The highest BCUT2D eigenvalue weighted by Crippen LogP contribution is 2.36. The molecule has 0 radical (unpaired) electrons. The van der Waals surface area contributed by atoms with Gasteiger partial charge in [-0.3, -0.25) is 0 Å². The lowest BCUT2D eigenvalue weighted by atomic mass is 9.98. The molecule has 0 bridgehead atoms. The van der Waals surface area contributed by atoms with Gasteiger partial charge in [0.1, 0.15) is 23.9 Å². The summed E-state index contributed by atoms with van der Waals surface area (Å²) in [6.07, 6.45) is -0.800. The zero-order chi connectivity index (χ0) is 9.47. The first-order valence-corrected chi connectivity index (χ1v) is 4.72. The molecule has 0 aromatic carbocycles. The maximum absolute atomic E-state index is 9.49. The third kappa shape index (κ3) is 1.38. The van der Waals surface area contributed by atoms with Gasteiger partial charge in [0.25, 0.3) is 0 Å². The Kier molecular flexibility index (Phi) is 2.32. The molecule has 0 amide bonds. The van der Waals surface area contributed by atoms with Crippen molar-refractivity contribution in [2.75, 3.05) is 19.8 Å². The van der Waals surface area contributed by atoms with Gasteiger partial charge in [0.2, 0.25) is 0 Å². The average Bonchev–Trinajstić information content (AvgIpc) is 2.58. The fourth-order valence-corrected chi connectivity index (χ4v) is 2.11. The van der Waals surface area contributed by atoms with Crippen LogP contribution >= 0.6 is 0 Å². The molecule has 1 N–H and O–H groups in total. The molecule has 4 atom stereocenters. The Morgan fingerprint density at radius 2 is 2.31 bits per heavy atom. The smallest absolute Gasteiger partial charge is 0.117 e. The van der Waals surface area contributed by atoms with Crippen LogP contribution in [0.25, 0.3) is 0 Å². The van der Waals surface area contributed by atoms with E-state index in [4.69, 9.17) is 14.2 Å². The van der Waals surface area contributed by atoms with E-state index in [2.05, 4.69) is 0 Å². The fraction of sp³-hybridized carbons (Fsp3) is 1.00. The average molecular weight is 188 g/mol. The summed E-state index contributed by atoms with van der Waals surface area (Å²) in [5.74, 6) is 0. The number of aliphatic hydroxyl groups excluding tert-OH is 1. The number of hydrogen-bond donors (Lipinski definition) is 1. The Bertz CT molecular complexity index is 196. The van der Waals surface area contributed by atoms with Crippen molar-refractivity contribution in [1.29, 1.82) is 0 Å². The molecule has 2 aliphatic rings. The minimum Gasteiger partial charge on any atom is -0.388 e. The first kappa shape index (κ1) is 9.40. The molecule has 2 fully saturated rings. The lowest BCUT2D eigenvalue weighted by Gasteiger charge is -2.27. The fourth-order valence-electron chi connectivity index (χ4n) is 2.11. The Morgan fingerprint density at radius 1 is 1.54 bits per heavy atom. The number of rotatable bonds is 2. The molecule has 2 aliphatic heterocycles. The van der Waals surface area contributed by atoms with Crippen LogP contribution in [0, 0.1) is 0 Å². The summed E-state index contributed by atoms with van der Waals surface area (Å²) in [5, 5.41) is 9.49. The first-order valence-electron chi connectivity index (χ1n) is 4.72. The largest absolute Gasteiger partial charge is 0.388 e. The zero-order valence-electron chi connectivity index (χ0n) is 8.03. The monoisotopic (exact) mass is 188 g/mol. The predicted octanol–water partition coefficient (Wildman–Crippen LogP) is -0.0599. The van der Waals surface area contributed by atoms with Crippen molar-refractivity contribution in [3.63, 3.8) is 0 Å². The Labute approximate surface area is 77.8 Å². The van der Waals surface area contributed by atoms with Gasteiger partial charge in [-0.25, -0.2) is 0 Å². The van der Waals surface area contributed by atoms with Crippen molar-refractivity contribution < 1.29 is 19.3 Å². The third-order valence-electron chi connectivity index (χ3n) is 2.76. The highest BCUT2D eigenvalue weighted by Gasteiger charge is 2.54. The van der Waals surface area contributed by atoms with Gasteiger partial charge in [-0.1, -0.05) is 0 Å². The van der Waals surface area contributed by atoms with Crippen LogP contribution in [0.15, 0.2) is 0 Å². The Balaban J connectivity index is 2.09. The molecule has 2 heterocycles. The third-order valence-corrected chi connectivity index (χ3v) is 2.76. The molecule has 0 aromatic heterocycles. The predicted molar refractivity (Wildman–Crippen MR) is 45.5 cm³/mol. The van der Waals surface area contributed by atoms with Crippen molar-refractivity contribution in [1.82, 2.24) is 0 Å². The second kappa shape index (κ2) is 3.20. The molecule has 76 valence electrons. The Hall–Kier alpha value is -0.160. The van der Waals surface area contributed by atoms with E-state index < -0.39 is 6.10 Å². The molecule has 0 unspecified atom stereocenters. The first-order chi connectivity index (χ1) is 6.17. The van der Waals surface area contributed by atoms with Crippen molar-refractivity contribution in [3.8, 4) is 0 Å². The molecule has 0 spiro atoms. The lowest BCUT2D eigenvalue weighted by molar-refractivity contribution is -0.0999. The summed E-state index contributed by atoms with van der Waals surface area (Å²) in [4.78, 5) is 0. The maximum Gasteiger partial charge on any atom is 0.117 e. The topological polar surface area (TPSA) is 47.9 Å². The normalized spacial score (nSPS) is 49.6. The maximum atomic E-state index is 9.49. The van der Waals surface area contributed by atoms with E-state index in [1.807, 2.05) is 13.8 Å². The van der Waals surface area contributed by atoms with Crippen LogP contribution in [-0.2, 0) is 14.2 Å². The van der Waals surface area contributed by atoms with Crippen LogP contribution in [0.3, 0.4) is 0 Å². The van der Waals surface area contributed by atoms with Crippen LogP contribution in [0.2, 0.25) is 0 Å². The van der Waals surface area contributed by atoms with E-state index in [0.717, 1.165) is 0 Å². The Morgan fingerprint density at radius 3 is 3.00 bits per heavy atom. The van der Waals surface area contributed by atoms with Crippen molar-refractivity contribution >= 4 is 0 Å². The molecule has 2 saturated heterocycles. The van der Waals surface area contributed by atoms with Gasteiger partial charge in [-0.15, -0.1) is 0 Å². The van der Waals surface area contributed by atoms with Gasteiger partial charge >= 0.3 is 0 Å². The minimum atomic E-state index is -0.493. The minimum absolute atomic E-state index is 0.109. The highest BCUT2D eigenvalue weighted by molar-refractivity contribution is 5.02. The van der Waals surface area contributed by atoms with E-state index in [1.54, 1.807) is 0 Å². The number of hydrogen-bond acceptors (Lipinski definition) is 4. The summed E-state index contributed by atoms with van der Waals surface area (Å²) >= 11 is 0. The molecule has 13 heavy (non-hydrogen) atoms. The van der Waals surface area contributed by atoms with Gasteiger partial charge < -0.3 is 19.3 Å². The van der Waals surface area contributed by atoms with Gasteiger partial charge in [0.15, 0.2) is 0 Å². The second-order valence-electron chi connectivity index (χ2n) is 3.84. The van der Waals surface area contributed by atoms with Crippen molar-refractivity contribution in [3.05, 3.63) is 0 Å². The summed E-state index contributed by atoms with van der Waals surface area (Å²) in [6.45, 7) is 5.43. The van der Waals surface area contributed by atoms with Gasteiger partial charge in [0, 0.05) is 6.61 Å². The molecule has 0 saturated carbocycles.